The number of carbonyl (C=O) groups is 1. The van der Waals surface area contributed by atoms with Gasteiger partial charge < -0.3 is 10.1 Å². The fraction of sp³-hybridized carbons (Fsp3) is 0. The van der Waals surface area contributed by atoms with Gasteiger partial charge >= 0.3 is 5.97 Å². The molecular weight excluding hydrogens is 242 g/mol. The summed E-state index contributed by atoms with van der Waals surface area (Å²) in [7, 11) is 0. The van der Waals surface area contributed by atoms with Gasteiger partial charge in [0.05, 0.1) is 11.9 Å². The van der Waals surface area contributed by atoms with E-state index < -0.39 is 5.97 Å². The van der Waals surface area contributed by atoms with Crippen molar-refractivity contribution in [2.75, 3.05) is 0 Å². The summed E-state index contributed by atoms with van der Waals surface area (Å²) in [4.78, 5) is 31.9. The van der Waals surface area contributed by atoms with Gasteiger partial charge in [0.25, 0.3) is 5.56 Å². The molecule has 0 radical (unpaired) electrons. The van der Waals surface area contributed by atoms with Crippen molar-refractivity contribution < 1.29 is 9.90 Å². The Bertz CT molecular complexity index is 594. The molecule has 0 spiro atoms. The molecule has 0 aliphatic carbocycles. The minimum absolute atomic E-state index is 0.119. The fourth-order valence-electron chi connectivity index (χ4n) is 1.08. The van der Waals surface area contributed by atoms with Gasteiger partial charge in [0.15, 0.2) is 0 Å². The van der Waals surface area contributed by atoms with Gasteiger partial charge in [0, 0.05) is 12.3 Å². The smallest absolute Gasteiger partial charge is 0.337 e. The predicted molar refractivity (Wildman–Crippen MR) is 60.2 cm³/mol. The Labute approximate surface area is 99.8 Å². The number of aromatic amines is 1. The van der Waals surface area contributed by atoms with E-state index in [9.17, 15) is 9.59 Å². The van der Waals surface area contributed by atoms with Crippen LogP contribution in [0.5, 0.6) is 0 Å². The summed E-state index contributed by atoms with van der Waals surface area (Å²) in [6.45, 7) is 0. The van der Waals surface area contributed by atoms with E-state index in [2.05, 4.69) is 15.0 Å². The van der Waals surface area contributed by atoms with Crippen molar-refractivity contribution in [1.82, 2.24) is 15.0 Å². The molecule has 0 aromatic carbocycles. The van der Waals surface area contributed by atoms with Crippen LogP contribution < -0.4 is 5.56 Å². The summed E-state index contributed by atoms with van der Waals surface area (Å²) < 4.78 is 0. The first-order valence-electron chi connectivity index (χ1n) is 4.57. The van der Waals surface area contributed by atoms with Crippen molar-refractivity contribution in [3.63, 3.8) is 0 Å². The Hall–Kier alpha value is -2.15. The monoisotopic (exact) mass is 249 g/mol. The zero-order valence-electron chi connectivity index (χ0n) is 8.45. The molecular formula is C10H7N3O3S. The molecule has 7 heteroatoms. The SMILES string of the molecule is O=C(O)c1ccc(Sc2cc(=O)[nH]cn2)nc1. The van der Waals surface area contributed by atoms with E-state index >= 15 is 0 Å². The lowest BCUT2D eigenvalue weighted by Crippen LogP contribution is -2.04. The van der Waals surface area contributed by atoms with Crippen LogP contribution in [0.4, 0.5) is 0 Å². The van der Waals surface area contributed by atoms with Crippen LogP contribution in [0.1, 0.15) is 10.4 Å². The van der Waals surface area contributed by atoms with E-state index in [1.54, 1.807) is 6.07 Å². The lowest BCUT2D eigenvalue weighted by molar-refractivity contribution is 0.0696. The van der Waals surface area contributed by atoms with Crippen LogP contribution in [0.15, 0.2) is 45.6 Å². The molecule has 86 valence electrons. The number of pyridine rings is 1. The highest BCUT2D eigenvalue weighted by Gasteiger charge is 2.04. The van der Waals surface area contributed by atoms with Crippen LogP contribution in [0.3, 0.4) is 0 Å². The van der Waals surface area contributed by atoms with Crippen LogP contribution in [0, 0.1) is 0 Å². The average molecular weight is 249 g/mol. The van der Waals surface area contributed by atoms with Crippen LogP contribution in [0.2, 0.25) is 0 Å². The van der Waals surface area contributed by atoms with Crippen molar-refractivity contribution in [2.45, 2.75) is 10.1 Å². The molecule has 0 unspecified atom stereocenters. The van der Waals surface area contributed by atoms with Crippen LogP contribution in [0.25, 0.3) is 0 Å². The molecule has 17 heavy (non-hydrogen) atoms. The highest BCUT2D eigenvalue weighted by atomic mass is 32.2. The van der Waals surface area contributed by atoms with Crippen molar-refractivity contribution in [3.8, 4) is 0 Å². The normalized spacial score (nSPS) is 10.1. The third kappa shape index (κ3) is 2.91. The van der Waals surface area contributed by atoms with Crippen molar-refractivity contribution >= 4 is 17.7 Å². The summed E-state index contributed by atoms with van der Waals surface area (Å²) in [5.41, 5.74) is -0.127. The molecule has 0 saturated carbocycles. The number of H-pyrrole nitrogens is 1. The maximum atomic E-state index is 11.0. The summed E-state index contributed by atoms with van der Waals surface area (Å²) in [6, 6.07) is 4.36. The fourth-order valence-corrected chi connectivity index (χ4v) is 1.81. The Kier molecular flexibility index (Phi) is 3.20. The zero-order valence-corrected chi connectivity index (χ0v) is 9.27. The predicted octanol–water partition coefficient (Wildman–Crippen LogP) is 1.01. The van der Waals surface area contributed by atoms with Crippen LogP contribution in [-0.4, -0.2) is 26.0 Å². The molecule has 0 saturated heterocycles. The number of aromatic nitrogens is 3. The molecule has 2 N–H and O–H groups in total. The maximum absolute atomic E-state index is 11.0. The molecule has 2 aromatic rings. The molecule has 2 aromatic heterocycles. The van der Waals surface area contributed by atoms with Gasteiger partial charge in [-0.25, -0.2) is 14.8 Å². The van der Waals surface area contributed by atoms with E-state index in [0.29, 0.717) is 10.1 Å². The molecule has 0 aliphatic heterocycles. The topological polar surface area (TPSA) is 95.9 Å². The van der Waals surface area contributed by atoms with Crippen molar-refractivity contribution in [3.05, 3.63) is 46.6 Å². The zero-order chi connectivity index (χ0) is 12.3. The molecule has 0 atom stereocenters. The summed E-state index contributed by atoms with van der Waals surface area (Å²) >= 11 is 1.19. The number of rotatable bonds is 3. The second-order valence-corrected chi connectivity index (χ2v) is 4.08. The summed E-state index contributed by atoms with van der Waals surface area (Å²) in [5, 5.41) is 9.78. The summed E-state index contributed by atoms with van der Waals surface area (Å²) in [5.74, 6) is -1.02. The minimum Gasteiger partial charge on any atom is -0.478 e. The Morgan fingerprint density at radius 1 is 1.29 bits per heavy atom. The van der Waals surface area contributed by atoms with Gasteiger partial charge in [-0.2, -0.15) is 0 Å². The van der Waals surface area contributed by atoms with Crippen molar-refractivity contribution in [2.24, 2.45) is 0 Å². The standard InChI is InChI=1S/C10H7N3O3S/c14-7-3-9(13-5-12-7)17-8-2-1-6(4-11-8)10(15)16/h1-5H,(H,15,16)(H,12,13,14). The van der Waals surface area contributed by atoms with E-state index in [4.69, 9.17) is 5.11 Å². The highest BCUT2D eigenvalue weighted by molar-refractivity contribution is 7.99. The molecule has 0 bridgehead atoms. The lowest BCUT2D eigenvalue weighted by Gasteiger charge is -1.99. The minimum atomic E-state index is -1.02. The third-order valence-electron chi connectivity index (χ3n) is 1.85. The first kappa shape index (κ1) is 11.3. The van der Waals surface area contributed by atoms with Gasteiger partial charge in [0.1, 0.15) is 10.1 Å². The molecule has 0 amide bonds. The van der Waals surface area contributed by atoms with Gasteiger partial charge in [-0.05, 0) is 23.9 Å². The Morgan fingerprint density at radius 3 is 2.71 bits per heavy atom. The first-order valence-corrected chi connectivity index (χ1v) is 5.39. The quantitative estimate of drug-likeness (QED) is 0.788. The van der Waals surface area contributed by atoms with Crippen LogP contribution in [-0.2, 0) is 0 Å². The van der Waals surface area contributed by atoms with Crippen LogP contribution >= 0.6 is 11.8 Å². The molecule has 0 aliphatic rings. The Balaban J connectivity index is 2.19. The largest absolute Gasteiger partial charge is 0.478 e. The number of hydrogen-bond donors (Lipinski definition) is 2. The highest BCUT2D eigenvalue weighted by Crippen LogP contribution is 2.22. The van der Waals surface area contributed by atoms with Gasteiger partial charge in [-0.1, -0.05) is 0 Å². The van der Waals surface area contributed by atoms with E-state index in [0.717, 1.165) is 0 Å². The van der Waals surface area contributed by atoms with Gasteiger partial charge in [-0.15, -0.1) is 0 Å². The number of nitrogens with one attached hydrogen (secondary N) is 1. The van der Waals surface area contributed by atoms with E-state index in [1.165, 1.54) is 36.4 Å². The summed E-state index contributed by atoms with van der Waals surface area (Å²) in [6.07, 6.45) is 2.56. The molecule has 6 nitrogen and oxygen atoms in total. The average Bonchev–Trinajstić information content (AvgIpc) is 2.29. The Morgan fingerprint density at radius 2 is 2.12 bits per heavy atom. The maximum Gasteiger partial charge on any atom is 0.337 e. The number of nitrogens with zero attached hydrogens (tertiary/aromatic N) is 2. The first-order chi connectivity index (χ1) is 8.15. The lowest BCUT2D eigenvalue weighted by atomic mass is 10.3. The molecule has 2 rings (SSSR count). The second-order valence-electron chi connectivity index (χ2n) is 3.04. The van der Waals surface area contributed by atoms with Gasteiger partial charge in [0.2, 0.25) is 0 Å². The van der Waals surface area contributed by atoms with Gasteiger partial charge in [-0.3, -0.25) is 4.79 Å². The molecule has 2 heterocycles. The second kappa shape index (κ2) is 4.79. The number of carboxylic acids is 1. The molecule has 0 fully saturated rings. The number of carboxylic acid groups (broad SMARTS) is 1. The van der Waals surface area contributed by atoms with E-state index in [-0.39, 0.29) is 11.1 Å². The third-order valence-corrected chi connectivity index (χ3v) is 2.73. The van der Waals surface area contributed by atoms with Crippen molar-refractivity contribution in [1.29, 1.82) is 0 Å². The van der Waals surface area contributed by atoms with E-state index in [1.807, 2.05) is 0 Å². The number of aromatic carboxylic acids is 1. The number of hydrogen-bond acceptors (Lipinski definition) is 5.